The molecule has 0 heterocycles. The SMILES string of the molecule is CC(C)(C)[S@](=O)Nc1ccc(C(F)(F)F)cc1Cl. The van der Waals surface area contributed by atoms with E-state index in [2.05, 4.69) is 4.72 Å². The van der Waals surface area contributed by atoms with Crippen LogP contribution in [0.5, 0.6) is 0 Å². The minimum Gasteiger partial charge on any atom is -0.303 e. The van der Waals surface area contributed by atoms with Crippen molar-refractivity contribution in [3.05, 3.63) is 28.8 Å². The molecule has 1 N–H and O–H groups in total. The summed E-state index contributed by atoms with van der Waals surface area (Å²) in [6.07, 6.45) is -4.44. The Morgan fingerprint density at radius 3 is 2.17 bits per heavy atom. The predicted molar refractivity (Wildman–Crippen MR) is 68.0 cm³/mol. The van der Waals surface area contributed by atoms with E-state index in [1.165, 1.54) is 6.07 Å². The average Bonchev–Trinajstić information content (AvgIpc) is 2.17. The zero-order valence-corrected chi connectivity index (χ0v) is 11.6. The topological polar surface area (TPSA) is 29.1 Å². The minimum absolute atomic E-state index is 0.109. The zero-order chi connectivity index (χ0) is 14.1. The molecule has 1 rings (SSSR count). The molecular weight excluding hydrogens is 287 g/mol. The fourth-order valence-electron chi connectivity index (χ4n) is 1.03. The Balaban J connectivity index is 2.98. The van der Waals surface area contributed by atoms with Crippen LogP contribution in [0.4, 0.5) is 18.9 Å². The highest BCUT2D eigenvalue weighted by Gasteiger charge is 2.31. The first-order chi connectivity index (χ1) is 8.01. The van der Waals surface area contributed by atoms with Crippen LogP contribution in [0.1, 0.15) is 26.3 Å². The summed E-state index contributed by atoms with van der Waals surface area (Å²) in [5.41, 5.74) is -0.613. The summed E-state index contributed by atoms with van der Waals surface area (Å²) in [5, 5.41) is -0.109. The Bertz CT molecular complexity index is 468. The summed E-state index contributed by atoms with van der Waals surface area (Å²) >= 11 is 5.73. The van der Waals surface area contributed by atoms with Crippen LogP contribution in [-0.2, 0) is 17.2 Å². The van der Waals surface area contributed by atoms with Gasteiger partial charge in [-0.2, -0.15) is 13.2 Å². The van der Waals surface area contributed by atoms with Gasteiger partial charge in [0.05, 0.1) is 21.0 Å². The van der Waals surface area contributed by atoms with Crippen LogP contribution in [0.3, 0.4) is 0 Å². The minimum atomic E-state index is -4.44. The van der Waals surface area contributed by atoms with Crippen molar-refractivity contribution in [2.45, 2.75) is 31.7 Å². The fourth-order valence-corrected chi connectivity index (χ4v) is 1.99. The molecule has 1 atom stereocenters. The van der Waals surface area contributed by atoms with Gasteiger partial charge in [-0.25, -0.2) is 4.21 Å². The summed E-state index contributed by atoms with van der Waals surface area (Å²) in [5.74, 6) is 0. The van der Waals surface area contributed by atoms with E-state index in [0.29, 0.717) is 0 Å². The van der Waals surface area contributed by atoms with Crippen molar-refractivity contribution in [3.8, 4) is 0 Å². The Morgan fingerprint density at radius 1 is 1.22 bits per heavy atom. The lowest BCUT2D eigenvalue weighted by molar-refractivity contribution is -0.137. The molecule has 18 heavy (non-hydrogen) atoms. The molecule has 0 aliphatic heterocycles. The molecule has 2 nitrogen and oxygen atoms in total. The van der Waals surface area contributed by atoms with E-state index in [-0.39, 0.29) is 10.7 Å². The lowest BCUT2D eigenvalue weighted by Gasteiger charge is -2.19. The number of hydrogen-bond donors (Lipinski definition) is 1. The number of anilines is 1. The second kappa shape index (κ2) is 5.09. The third-order valence-corrected chi connectivity index (χ3v) is 3.89. The fraction of sp³-hybridized carbons (Fsp3) is 0.455. The van der Waals surface area contributed by atoms with Gasteiger partial charge in [-0.05, 0) is 39.0 Å². The zero-order valence-electron chi connectivity index (χ0n) is 10.1. The van der Waals surface area contributed by atoms with Gasteiger partial charge in [-0.3, -0.25) is 0 Å². The van der Waals surface area contributed by atoms with E-state index in [4.69, 9.17) is 11.6 Å². The number of hydrogen-bond acceptors (Lipinski definition) is 1. The lowest BCUT2D eigenvalue weighted by Crippen LogP contribution is -2.27. The van der Waals surface area contributed by atoms with Gasteiger partial charge in [0.15, 0.2) is 0 Å². The van der Waals surface area contributed by atoms with Crippen LogP contribution in [0.2, 0.25) is 5.02 Å². The van der Waals surface area contributed by atoms with E-state index < -0.39 is 27.5 Å². The standard InChI is InChI=1S/C11H13ClF3NOS/c1-10(2,3)18(17)16-9-5-4-7(6-8(9)12)11(13,14)15/h4-6,16H,1-3H3/t18-/m0/s1. The molecule has 0 radical (unpaired) electrons. The molecule has 0 aromatic heterocycles. The number of nitrogens with one attached hydrogen (secondary N) is 1. The van der Waals surface area contributed by atoms with E-state index in [1.54, 1.807) is 20.8 Å². The van der Waals surface area contributed by atoms with Crippen LogP contribution in [0.15, 0.2) is 18.2 Å². The molecule has 0 saturated heterocycles. The van der Waals surface area contributed by atoms with E-state index in [9.17, 15) is 17.4 Å². The highest BCUT2D eigenvalue weighted by Crippen LogP contribution is 2.34. The van der Waals surface area contributed by atoms with Gasteiger partial charge < -0.3 is 4.72 Å². The molecule has 0 fully saturated rings. The van der Waals surface area contributed by atoms with Gasteiger partial charge in [0.2, 0.25) is 0 Å². The summed E-state index contributed by atoms with van der Waals surface area (Å²) in [6, 6.07) is 2.88. The first kappa shape index (κ1) is 15.3. The predicted octanol–water partition coefficient (Wildman–Crippen LogP) is 4.23. The normalized spacial score (nSPS) is 14.4. The second-order valence-electron chi connectivity index (χ2n) is 4.68. The Morgan fingerprint density at radius 2 is 1.78 bits per heavy atom. The van der Waals surface area contributed by atoms with Crippen LogP contribution < -0.4 is 4.72 Å². The maximum Gasteiger partial charge on any atom is 0.416 e. The number of halogens is 4. The maximum absolute atomic E-state index is 12.4. The third kappa shape index (κ3) is 3.88. The maximum atomic E-state index is 12.4. The number of alkyl halides is 3. The van der Waals surface area contributed by atoms with E-state index >= 15 is 0 Å². The molecule has 102 valence electrons. The first-order valence-corrected chi connectivity index (χ1v) is 6.60. The molecule has 0 saturated carbocycles. The van der Waals surface area contributed by atoms with Crippen molar-refractivity contribution in [1.82, 2.24) is 0 Å². The number of benzene rings is 1. The van der Waals surface area contributed by atoms with Gasteiger partial charge in [-0.15, -0.1) is 0 Å². The van der Waals surface area contributed by atoms with Crippen molar-refractivity contribution in [2.24, 2.45) is 0 Å². The van der Waals surface area contributed by atoms with Crippen molar-refractivity contribution in [3.63, 3.8) is 0 Å². The van der Waals surface area contributed by atoms with Crippen LogP contribution in [0, 0.1) is 0 Å². The van der Waals surface area contributed by atoms with Crippen LogP contribution in [-0.4, -0.2) is 8.96 Å². The summed E-state index contributed by atoms with van der Waals surface area (Å²) < 4.78 is 51.1. The molecule has 0 bridgehead atoms. The van der Waals surface area contributed by atoms with Crippen molar-refractivity contribution in [2.75, 3.05) is 4.72 Å². The van der Waals surface area contributed by atoms with Gasteiger partial charge in [0.25, 0.3) is 0 Å². The Hall–Kier alpha value is -0.750. The van der Waals surface area contributed by atoms with E-state index in [0.717, 1.165) is 12.1 Å². The van der Waals surface area contributed by atoms with Crippen molar-refractivity contribution in [1.29, 1.82) is 0 Å². The summed E-state index contributed by atoms with van der Waals surface area (Å²) in [4.78, 5) is 0. The third-order valence-electron chi connectivity index (χ3n) is 2.06. The number of rotatable bonds is 2. The first-order valence-electron chi connectivity index (χ1n) is 5.07. The molecule has 1 aromatic carbocycles. The molecule has 7 heteroatoms. The van der Waals surface area contributed by atoms with Crippen molar-refractivity contribution >= 4 is 28.3 Å². The second-order valence-corrected chi connectivity index (χ2v) is 7.05. The van der Waals surface area contributed by atoms with Gasteiger partial charge in [-0.1, -0.05) is 11.6 Å². The van der Waals surface area contributed by atoms with Crippen molar-refractivity contribution < 1.29 is 17.4 Å². The van der Waals surface area contributed by atoms with Crippen LogP contribution >= 0.6 is 11.6 Å². The smallest absolute Gasteiger partial charge is 0.303 e. The van der Waals surface area contributed by atoms with Crippen LogP contribution in [0.25, 0.3) is 0 Å². The Labute approximate surface area is 111 Å². The lowest BCUT2D eigenvalue weighted by atomic mass is 10.2. The molecule has 0 spiro atoms. The average molecular weight is 300 g/mol. The van der Waals surface area contributed by atoms with Gasteiger partial charge in [0.1, 0.15) is 11.0 Å². The van der Waals surface area contributed by atoms with E-state index in [1.807, 2.05) is 0 Å². The van der Waals surface area contributed by atoms with Gasteiger partial charge in [0, 0.05) is 0 Å². The molecule has 0 aliphatic carbocycles. The molecule has 1 aromatic rings. The van der Waals surface area contributed by atoms with Gasteiger partial charge >= 0.3 is 6.18 Å². The molecule has 0 unspecified atom stereocenters. The molecule has 0 aliphatic rings. The quantitative estimate of drug-likeness (QED) is 0.870. The molecule has 0 amide bonds. The largest absolute Gasteiger partial charge is 0.416 e. The Kier molecular flexibility index (Phi) is 4.33. The highest BCUT2D eigenvalue weighted by molar-refractivity contribution is 7.87. The summed E-state index contributed by atoms with van der Waals surface area (Å²) in [7, 11) is -1.44. The summed E-state index contributed by atoms with van der Waals surface area (Å²) in [6.45, 7) is 5.23. The highest BCUT2D eigenvalue weighted by atomic mass is 35.5. The molecular formula is C11H13ClF3NOS. The monoisotopic (exact) mass is 299 g/mol.